The summed E-state index contributed by atoms with van der Waals surface area (Å²) in [5.74, 6) is 0. The van der Waals surface area contributed by atoms with Crippen LogP contribution in [0.15, 0.2) is 39.9 Å². The van der Waals surface area contributed by atoms with Gasteiger partial charge in [0.2, 0.25) is 0 Å². The van der Waals surface area contributed by atoms with E-state index >= 15 is 0 Å². The summed E-state index contributed by atoms with van der Waals surface area (Å²) in [5.41, 5.74) is 4.14. The quantitative estimate of drug-likeness (QED) is 0.800. The second-order valence-corrected chi connectivity index (χ2v) is 6.08. The fourth-order valence-corrected chi connectivity index (χ4v) is 3.11. The van der Waals surface area contributed by atoms with Crippen molar-refractivity contribution in [3.63, 3.8) is 0 Å². The summed E-state index contributed by atoms with van der Waals surface area (Å²) in [6, 6.07) is 9.19. The molecule has 1 heterocycles. The molecule has 1 aromatic heterocycles. The van der Waals surface area contributed by atoms with Gasteiger partial charge >= 0.3 is 0 Å². The molecule has 96 valence electrons. The first-order valence-corrected chi connectivity index (χ1v) is 8.26. The van der Waals surface area contributed by atoms with Crippen LogP contribution in [0.1, 0.15) is 29.7 Å². The summed E-state index contributed by atoms with van der Waals surface area (Å²) in [6.07, 6.45) is 2.11. The van der Waals surface area contributed by atoms with Crippen LogP contribution >= 0.6 is 23.1 Å². The van der Waals surface area contributed by atoms with Crippen LogP contribution in [-0.4, -0.2) is 6.26 Å². The molecule has 1 aromatic carbocycles. The molecule has 0 fully saturated rings. The van der Waals surface area contributed by atoms with Gasteiger partial charge in [-0.05, 0) is 59.7 Å². The summed E-state index contributed by atoms with van der Waals surface area (Å²) < 4.78 is 0. The van der Waals surface area contributed by atoms with Gasteiger partial charge in [0.05, 0.1) is 0 Å². The number of nitrogens with one attached hydrogen (secondary N) is 1. The molecule has 1 N–H and O–H groups in total. The second kappa shape index (κ2) is 6.41. The molecule has 18 heavy (non-hydrogen) atoms. The Kier molecular flexibility index (Phi) is 4.87. The zero-order chi connectivity index (χ0) is 13.0. The van der Waals surface area contributed by atoms with Crippen LogP contribution in [0, 0.1) is 6.92 Å². The van der Waals surface area contributed by atoms with Gasteiger partial charge in [0.1, 0.15) is 0 Å². The fourth-order valence-electron chi connectivity index (χ4n) is 1.84. The zero-order valence-electron chi connectivity index (χ0n) is 11.1. The number of aryl methyl sites for hydroxylation is 1. The Labute approximate surface area is 118 Å². The van der Waals surface area contributed by atoms with E-state index < -0.39 is 0 Å². The van der Waals surface area contributed by atoms with Gasteiger partial charge in [-0.1, -0.05) is 12.1 Å². The molecular weight excluding hydrogens is 258 g/mol. The highest BCUT2D eigenvalue weighted by Crippen LogP contribution is 2.20. The third-order valence-electron chi connectivity index (χ3n) is 3.18. The molecule has 0 amide bonds. The Morgan fingerprint density at radius 3 is 2.50 bits per heavy atom. The number of rotatable bonds is 5. The summed E-state index contributed by atoms with van der Waals surface area (Å²) in [4.78, 5) is 1.32. The second-order valence-electron chi connectivity index (χ2n) is 4.46. The molecule has 3 heteroatoms. The van der Waals surface area contributed by atoms with Crippen LogP contribution in [0.3, 0.4) is 0 Å². The van der Waals surface area contributed by atoms with E-state index in [9.17, 15) is 0 Å². The van der Waals surface area contributed by atoms with Gasteiger partial charge < -0.3 is 5.32 Å². The third-order valence-corrected chi connectivity index (χ3v) is 4.83. The Bertz CT molecular complexity index is 487. The van der Waals surface area contributed by atoms with Gasteiger partial charge in [-0.3, -0.25) is 0 Å². The van der Waals surface area contributed by atoms with Gasteiger partial charge in [0.25, 0.3) is 0 Å². The molecule has 0 aliphatic carbocycles. The summed E-state index contributed by atoms with van der Waals surface area (Å²) >= 11 is 3.56. The van der Waals surface area contributed by atoms with E-state index in [4.69, 9.17) is 0 Å². The van der Waals surface area contributed by atoms with E-state index in [1.165, 1.54) is 21.6 Å². The normalized spacial score (nSPS) is 12.6. The molecule has 0 radical (unpaired) electrons. The Hall–Kier alpha value is -0.770. The topological polar surface area (TPSA) is 12.0 Å². The van der Waals surface area contributed by atoms with Crippen LogP contribution in [0.25, 0.3) is 0 Å². The first-order chi connectivity index (χ1) is 8.70. The van der Waals surface area contributed by atoms with E-state index in [2.05, 4.69) is 60.4 Å². The number of hydrogen-bond donors (Lipinski definition) is 1. The Morgan fingerprint density at radius 2 is 1.94 bits per heavy atom. The molecule has 1 atom stereocenters. The van der Waals surface area contributed by atoms with Gasteiger partial charge in [-0.2, -0.15) is 11.3 Å². The van der Waals surface area contributed by atoms with Crippen molar-refractivity contribution < 1.29 is 0 Å². The SMILES string of the molecule is CSc1ccc(C(C)NCc2cscc2C)cc1. The fraction of sp³-hybridized carbons (Fsp3) is 0.333. The summed E-state index contributed by atoms with van der Waals surface area (Å²) in [5, 5.41) is 8.01. The third kappa shape index (κ3) is 3.37. The molecule has 1 unspecified atom stereocenters. The van der Waals surface area contributed by atoms with Crippen molar-refractivity contribution in [1.29, 1.82) is 0 Å². The predicted octanol–water partition coefficient (Wildman–Crippen LogP) is 4.63. The lowest BCUT2D eigenvalue weighted by Gasteiger charge is -2.14. The van der Waals surface area contributed by atoms with Crippen molar-refractivity contribution in [3.05, 3.63) is 51.7 Å². The number of hydrogen-bond acceptors (Lipinski definition) is 3. The molecule has 0 saturated carbocycles. The minimum atomic E-state index is 0.389. The average Bonchev–Trinajstić information content (AvgIpc) is 2.81. The molecule has 0 bridgehead atoms. The molecule has 1 nitrogen and oxygen atoms in total. The van der Waals surface area contributed by atoms with Crippen molar-refractivity contribution in [2.24, 2.45) is 0 Å². The molecule has 2 aromatic rings. The highest BCUT2D eigenvalue weighted by molar-refractivity contribution is 7.98. The van der Waals surface area contributed by atoms with Crippen LogP contribution in [-0.2, 0) is 6.54 Å². The lowest BCUT2D eigenvalue weighted by Crippen LogP contribution is -2.18. The van der Waals surface area contributed by atoms with E-state index in [1.807, 2.05) is 0 Å². The number of thiophene rings is 1. The van der Waals surface area contributed by atoms with Gasteiger partial charge in [-0.15, -0.1) is 11.8 Å². The van der Waals surface area contributed by atoms with E-state index in [-0.39, 0.29) is 0 Å². The largest absolute Gasteiger partial charge is 0.306 e. The van der Waals surface area contributed by atoms with Crippen LogP contribution < -0.4 is 5.32 Å². The lowest BCUT2D eigenvalue weighted by atomic mass is 10.1. The van der Waals surface area contributed by atoms with Crippen molar-refractivity contribution in [2.75, 3.05) is 6.26 Å². The van der Waals surface area contributed by atoms with E-state index in [0.717, 1.165) is 6.54 Å². The smallest absolute Gasteiger partial charge is 0.0294 e. The first-order valence-electron chi connectivity index (χ1n) is 6.09. The van der Waals surface area contributed by atoms with Gasteiger partial charge in [0.15, 0.2) is 0 Å². The molecule has 0 spiro atoms. The lowest BCUT2D eigenvalue weighted by molar-refractivity contribution is 0.574. The van der Waals surface area contributed by atoms with E-state index in [0.29, 0.717) is 6.04 Å². The molecule has 0 aliphatic heterocycles. The minimum Gasteiger partial charge on any atom is -0.306 e. The zero-order valence-corrected chi connectivity index (χ0v) is 12.7. The maximum Gasteiger partial charge on any atom is 0.0294 e. The van der Waals surface area contributed by atoms with Crippen molar-refractivity contribution in [1.82, 2.24) is 5.32 Å². The highest BCUT2D eigenvalue weighted by Gasteiger charge is 2.06. The van der Waals surface area contributed by atoms with E-state index in [1.54, 1.807) is 23.1 Å². The molecule has 2 rings (SSSR count). The molecule has 0 aliphatic rings. The monoisotopic (exact) mass is 277 g/mol. The summed E-state index contributed by atoms with van der Waals surface area (Å²) in [6.45, 7) is 5.34. The molecular formula is C15H19NS2. The van der Waals surface area contributed by atoms with Crippen LogP contribution in [0.2, 0.25) is 0 Å². The summed E-state index contributed by atoms with van der Waals surface area (Å²) in [7, 11) is 0. The Morgan fingerprint density at radius 1 is 1.22 bits per heavy atom. The van der Waals surface area contributed by atoms with Gasteiger partial charge in [-0.25, -0.2) is 0 Å². The maximum absolute atomic E-state index is 3.58. The highest BCUT2D eigenvalue weighted by atomic mass is 32.2. The van der Waals surface area contributed by atoms with Crippen molar-refractivity contribution in [3.8, 4) is 0 Å². The standard InChI is InChI=1S/C15H19NS2/c1-11-9-18-10-14(11)8-16-12(2)13-4-6-15(17-3)7-5-13/h4-7,9-10,12,16H,8H2,1-3H3. The first kappa shape index (κ1) is 13.7. The average molecular weight is 277 g/mol. The van der Waals surface area contributed by atoms with Crippen LogP contribution in [0.5, 0.6) is 0 Å². The molecule has 0 saturated heterocycles. The van der Waals surface area contributed by atoms with Crippen LogP contribution in [0.4, 0.5) is 0 Å². The maximum atomic E-state index is 3.58. The number of thioether (sulfide) groups is 1. The van der Waals surface area contributed by atoms with Crippen molar-refractivity contribution >= 4 is 23.1 Å². The predicted molar refractivity (Wildman–Crippen MR) is 82.5 cm³/mol. The number of benzene rings is 1. The minimum absolute atomic E-state index is 0.389. The van der Waals surface area contributed by atoms with Crippen molar-refractivity contribution in [2.45, 2.75) is 31.3 Å². The Balaban J connectivity index is 1.94. The van der Waals surface area contributed by atoms with Gasteiger partial charge in [0, 0.05) is 17.5 Å².